The topological polar surface area (TPSA) is 42.4 Å². The number of pyridine rings is 1. The average molecular weight is 302 g/mol. The molecule has 2 rings (SSSR count). The predicted octanol–water partition coefficient (Wildman–Crippen LogP) is 1.95. The fourth-order valence-corrected chi connectivity index (χ4v) is 3.37. The summed E-state index contributed by atoms with van der Waals surface area (Å²) in [5, 5.41) is 0. The van der Waals surface area contributed by atoms with Crippen LogP contribution in [-0.4, -0.2) is 53.6 Å². The second kappa shape index (κ2) is 6.99. The summed E-state index contributed by atoms with van der Waals surface area (Å²) in [4.78, 5) is 17.2. The second-order valence-corrected chi connectivity index (χ2v) is 5.62. The first-order valence-corrected chi connectivity index (χ1v) is 7.48. The number of ether oxygens (including phenoxy) is 1. The van der Waals surface area contributed by atoms with Gasteiger partial charge in [0.2, 0.25) is 5.95 Å². The van der Waals surface area contributed by atoms with Crippen LogP contribution in [-0.2, 0) is 4.74 Å². The first-order valence-electron chi connectivity index (χ1n) is 6.32. The highest BCUT2D eigenvalue weighted by molar-refractivity contribution is 7.99. The van der Waals surface area contributed by atoms with Crippen LogP contribution in [0.1, 0.15) is 16.8 Å². The van der Waals surface area contributed by atoms with Crippen molar-refractivity contribution in [3.8, 4) is 0 Å². The minimum Gasteiger partial charge on any atom is -0.383 e. The van der Waals surface area contributed by atoms with Crippen LogP contribution in [0, 0.1) is 11.8 Å². The van der Waals surface area contributed by atoms with Crippen LogP contribution < -0.4 is 0 Å². The van der Waals surface area contributed by atoms with Crippen LogP contribution in [0.25, 0.3) is 0 Å². The summed E-state index contributed by atoms with van der Waals surface area (Å²) in [6.07, 6.45) is 1.96. The lowest BCUT2D eigenvalue weighted by molar-refractivity contribution is 0.0618. The molecule has 1 saturated heterocycles. The molecule has 4 nitrogen and oxygen atoms in total. The maximum absolute atomic E-state index is 13.7. The minimum absolute atomic E-state index is 0.0401. The van der Waals surface area contributed by atoms with Crippen molar-refractivity contribution in [3.63, 3.8) is 0 Å². The van der Waals surface area contributed by atoms with E-state index in [9.17, 15) is 13.6 Å². The van der Waals surface area contributed by atoms with E-state index in [0.717, 1.165) is 24.1 Å². The maximum Gasteiger partial charge on any atom is 0.257 e. The molecule has 1 aliphatic heterocycles. The van der Waals surface area contributed by atoms with E-state index in [1.165, 1.54) is 6.07 Å². The smallest absolute Gasteiger partial charge is 0.257 e. The molecule has 0 spiro atoms. The van der Waals surface area contributed by atoms with Gasteiger partial charge in [0.15, 0.2) is 5.82 Å². The molecule has 20 heavy (non-hydrogen) atoms. The van der Waals surface area contributed by atoms with Gasteiger partial charge in [-0.15, -0.1) is 0 Å². The standard InChI is InChI=1S/C13H16F2N2O2S/c1-19-6-5-17(9-3-7-20-8-9)13(18)10-2-4-16-12(15)11(10)14/h2,4,9H,3,5-8H2,1H3. The quantitative estimate of drug-likeness (QED) is 0.780. The largest absolute Gasteiger partial charge is 0.383 e. The molecule has 1 aromatic rings. The van der Waals surface area contributed by atoms with Crippen LogP contribution in [0.15, 0.2) is 12.3 Å². The zero-order valence-corrected chi connectivity index (χ0v) is 12.0. The van der Waals surface area contributed by atoms with Gasteiger partial charge in [-0.2, -0.15) is 16.2 Å². The molecule has 1 amide bonds. The van der Waals surface area contributed by atoms with Crippen LogP contribution in [0.3, 0.4) is 0 Å². The monoisotopic (exact) mass is 302 g/mol. The molecule has 0 N–H and O–H groups in total. The molecular formula is C13H16F2N2O2S. The molecule has 1 fully saturated rings. The third kappa shape index (κ3) is 3.27. The lowest BCUT2D eigenvalue weighted by Gasteiger charge is -2.28. The van der Waals surface area contributed by atoms with Crippen molar-refractivity contribution in [1.82, 2.24) is 9.88 Å². The van der Waals surface area contributed by atoms with Crippen molar-refractivity contribution < 1.29 is 18.3 Å². The molecular weight excluding hydrogens is 286 g/mol. The van der Waals surface area contributed by atoms with Crippen molar-refractivity contribution in [2.75, 3.05) is 31.8 Å². The van der Waals surface area contributed by atoms with Crippen LogP contribution in [0.5, 0.6) is 0 Å². The van der Waals surface area contributed by atoms with Crippen molar-refractivity contribution in [3.05, 3.63) is 29.6 Å². The van der Waals surface area contributed by atoms with Crippen molar-refractivity contribution in [2.24, 2.45) is 0 Å². The highest BCUT2D eigenvalue weighted by Gasteiger charge is 2.29. The first kappa shape index (κ1) is 15.2. The van der Waals surface area contributed by atoms with Gasteiger partial charge in [-0.05, 0) is 18.2 Å². The number of halogens is 2. The number of carbonyl (C=O) groups is 1. The summed E-state index contributed by atoms with van der Waals surface area (Å²) in [5.41, 5.74) is -0.273. The van der Waals surface area contributed by atoms with Gasteiger partial charge in [-0.3, -0.25) is 4.79 Å². The number of carbonyl (C=O) groups excluding carboxylic acids is 1. The van der Waals surface area contributed by atoms with Gasteiger partial charge in [0, 0.05) is 31.6 Å². The van der Waals surface area contributed by atoms with Gasteiger partial charge in [0.1, 0.15) is 0 Å². The molecule has 1 unspecified atom stereocenters. The van der Waals surface area contributed by atoms with E-state index in [0.29, 0.717) is 13.2 Å². The molecule has 2 heterocycles. The van der Waals surface area contributed by atoms with Crippen molar-refractivity contribution in [1.29, 1.82) is 0 Å². The number of amides is 1. The van der Waals surface area contributed by atoms with Gasteiger partial charge in [0.25, 0.3) is 5.91 Å². The molecule has 0 radical (unpaired) electrons. The van der Waals surface area contributed by atoms with Crippen LogP contribution in [0.4, 0.5) is 8.78 Å². The highest BCUT2D eigenvalue weighted by atomic mass is 32.2. The Kier molecular flexibility index (Phi) is 5.31. The number of thioether (sulfide) groups is 1. The number of hydrogen-bond donors (Lipinski definition) is 0. The summed E-state index contributed by atoms with van der Waals surface area (Å²) >= 11 is 1.75. The molecule has 110 valence electrons. The zero-order chi connectivity index (χ0) is 14.5. The SMILES string of the molecule is COCCN(C(=O)c1ccnc(F)c1F)C1CCSC1. The van der Waals surface area contributed by atoms with E-state index < -0.39 is 17.7 Å². The van der Waals surface area contributed by atoms with Gasteiger partial charge in [-0.1, -0.05) is 0 Å². The van der Waals surface area contributed by atoms with Gasteiger partial charge >= 0.3 is 0 Å². The minimum atomic E-state index is -1.25. The summed E-state index contributed by atoms with van der Waals surface area (Å²) in [6, 6.07) is 1.25. The Hall–Kier alpha value is -1.21. The fourth-order valence-electron chi connectivity index (χ4n) is 2.15. The number of nitrogens with zero attached hydrogens (tertiary/aromatic N) is 2. The van der Waals surface area contributed by atoms with Crippen LogP contribution >= 0.6 is 11.8 Å². The van der Waals surface area contributed by atoms with Gasteiger partial charge in [0.05, 0.1) is 12.2 Å². The Morgan fingerprint density at radius 1 is 1.60 bits per heavy atom. The highest BCUT2D eigenvalue weighted by Crippen LogP contribution is 2.24. The van der Waals surface area contributed by atoms with Crippen LogP contribution in [0.2, 0.25) is 0 Å². The summed E-state index contributed by atoms with van der Waals surface area (Å²) < 4.78 is 31.8. The van der Waals surface area contributed by atoms with E-state index in [-0.39, 0.29) is 11.6 Å². The Balaban J connectivity index is 2.22. The number of rotatable bonds is 5. The van der Waals surface area contributed by atoms with E-state index in [2.05, 4.69) is 4.98 Å². The number of hydrogen-bond acceptors (Lipinski definition) is 4. The first-order chi connectivity index (χ1) is 9.65. The molecule has 7 heteroatoms. The molecule has 1 aromatic heterocycles. The second-order valence-electron chi connectivity index (χ2n) is 4.47. The molecule has 0 aromatic carbocycles. The Bertz CT molecular complexity index is 481. The van der Waals surface area contributed by atoms with E-state index in [1.54, 1.807) is 23.8 Å². The third-order valence-corrected chi connectivity index (χ3v) is 4.37. The predicted molar refractivity (Wildman–Crippen MR) is 72.8 cm³/mol. The van der Waals surface area contributed by atoms with Gasteiger partial charge in [-0.25, -0.2) is 9.37 Å². The van der Waals surface area contributed by atoms with E-state index in [4.69, 9.17) is 4.74 Å². The van der Waals surface area contributed by atoms with Crippen molar-refractivity contribution >= 4 is 17.7 Å². The summed E-state index contributed by atoms with van der Waals surface area (Å²) in [7, 11) is 1.54. The summed E-state index contributed by atoms with van der Waals surface area (Å²) in [5.74, 6) is -1.17. The lowest BCUT2D eigenvalue weighted by atomic mass is 10.1. The Labute approximate surface area is 120 Å². The molecule has 0 bridgehead atoms. The molecule has 1 aliphatic rings. The third-order valence-electron chi connectivity index (χ3n) is 3.22. The van der Waals surface area contributed by atoms with E-state index >= 15 is 0 Å². The average Bonchev–Trinajstić information content (AvgIpc) is 2.96. The van der Waals surface area contributed by atoms with Crippen molar-refractivity contribution in [2.45, 2.75) is 12.5 Å². The molecule has 1 atom stereocenters. The zero-order valence-electron chi connectivity index (χ0n) is 11.1. The number of methoxy groups -OCH3 is 1. The molecule has 0 aliphatic carbocycles. The summed E-state index contributed by atoms with van der Waals surface area (Å²) in [6.45, 7) is 0.728. The van der Waals surface area contributed by atoms with E-state index in [1.807, 2.05) is 0 Å². The maximum atomic E-state index is 13.7. The lowest BCUT2D eigenvalue weighted by Crippen LogP contribution is -2.42. The number of aromatic nitrogens is 1. The normalized spacial score (nSPS) is 18.2. The molecule has 0 saturated carbocycles. The fraction of sp³-hybridized carbons (Fsp3) is 0.538. The Morgan fingerprint density at radius 3 is 3.05 bits per heavy atom. The van der Waals surface area contributed by atoms with Gasteiger partial charge < -0.3 is 9.64 Å². The Morgan fingerprint density at radius 2 is 2.40 bits per heavy atom.